The smallest absolute Gasteiger partial charge is 0.239 e. The molecular formula is C9H14BrN3O. The zero-order valence-electron chi connectivity index (χ0n) is 8.49. The molecule has 0 saturated carbocycles. The number of aromatic nitrogens is 2. The fourth-order valence-electron chi connectivity index (χ4n) is 0.980. The zero-order valence-corrected chi connectivity index (χ0v) is 10.1. The molecule has 4 nitrogen and oxygen atoms in total. The Balaban J connectivity index is 2.57. The molecule has 1 heterocycles. The Kier molecular flexibility index (Phi) is 3.69. The highest BCUT2D eigenvalue weighted by Crippen LogP contribution is 2.14. The number of halogens is 1. The number of hydrogen-bond acceptors (Lipinski definition) is 2. The minimum atomic E-state index is -0.176. The number of anilines is 1. The van der Waals surface area contributed by atoms with Gasteiger partial charge in [0.1, 0.15) is 0 Å². The average Bonchev–Trinajstić information content (AvgIpc) is 2.49. The first-order valence-corrected chi connectivity index (χ1v) is 5.37. The molecule has 1 atom stereocenters. The lowest BCUT2D eigenvalue weighted by Crippen LogP contribution is -2.27. The predicted octanol–water partition coefficient (Wildman–Crippen LogP) is 1.78. The fourth-order valence-corrected chi connectivity index (χ4v) is 1.09. The highest BCUT2D eigenvalue weighted by atomic mass is 79.9. The highest BCUT2D eigenvalue weighted by molar-refractivity contribution is 9.10. The molecule has 1 unspecified atom stereocenters. The van der Waals surface area contributed by atoms with Crippen LogP contribution in [0.2, 0.25) is 0 Å². The number of carbonyl (C=O) groups is 1. The maximum Gasteiger partial charge on any atom is 0.239 e. The number of nitrogens with zero attached hydrogens (tertiary/aromatic N) is 2. The summed E-state index contributed by atoms with van der Waals surface area (Å²) in [5.74, 6) is 0.792. The Morgan fingerprint density at radius 1 is 1.64 bits per heavy atom. The van der Waals surface area contributed by atoms with Crippen LogP contribution in [0.25, 0.3) is 0 Å². The van der Waals surface area contributed by atoms with Gasteiger partial charge in [-0.2, -0.15) is 5.10 Å². The van der Waals surface area contributed by atoms with Crippen molar-refractivity contribution in [3.8, 4) is 0 Å². The molecule has 78 valence electrons. The highest BCUT2D eigenvalue weighted by Gasteiger charge is 2.18. The summed E-state index contributed by atoms with van der Waals surface area (Å²) >= 11 is 3.33. The van der Waals surface area contributed by atoms with E-state index in [2.05, 4.69) is 26.3 Å². The number of alkyl halides is 1. The van der Waals surface area contributed by atoms with E-state index in [1.807, 2.05) is 20.9 Å². The quantitative estimate of drug-likeness (QED) is 0.842. The fraction of sp³-hybridized carbons (Fsp3) is 0.556. The second kappa shape index (κ2) is 4.59. The van der Waals surface area contributed by atoms with Gasteiger partial charge in [-0.15, -0.1) is 0 Å². The van der Waals surface area contributed by atoms with Crippen LogP contribution < -0.4 is 5.32 Å². The molecule has 1 rings (SSSR count). The number of amides is 1. The van der Waals surface area contributed by atoms with Crippen LogP contribution in [0.1, 0.15) is 13.8 Å². The molecule has 1 aromatic rings. The monoisotopic (exact) mass is 259 g/mol. The molecule has 0 bridgehead atoms. The molecule has 1 N–H and O–H groups in total. The zero-order chi connectivity index (χ0) is 10.7. The van der Waals surface area contributed by atoms with E-state index in [1.165, 1.54) is 0 Å². The van der Waals surface area contributed by atoms with Gasteiger partial charge in [-0.25, -0.2) is 0 Å². The minimum Gasteiger partial charge on any atom is -0.308 e. The van der Waals surface area contributed by atoms with E-state index in [4.69, 9.17) is 0 Å². The molecule has 5 heteroatoms. The molecule has 0 aromatic carbocycles. The van der Waals surface area contributed by atoms with Crippen LogP contribution in [-0.2, 0) is 11.8 Å². The summed E-state index contributed by atoms with van der Waals surface area (Å²) in [7, 11) is 1.81. The van der Waals surface area contributed by atoms with Crippen LogP contribution in [0, 0.1) is 5.92 Å². The van der Waals surface area contributed by atoms with Gasteiger partial charge in [-0.3, -0.25) is 9.48 Å². The van der Waals surface area contributed by atoms with E-state index in [0.29, 0.717) is 5.82 Å². The SMILES string of the molecule is CC(C)C(Br)C(=O)Nc1ccn(C)n1. The minimum absolute atomic E-state index is 0.0568. The Hall–Kier alpha value is -0.840. The van der Waals surface area contributed by atoms with Gasteiger partial charge in [0, 0.05) is 19.3 Å². The second-order valence-electron chi connectivity index (χ2n) is 3.51. The maximum atomic E-state index is 11.6. The number of carbonyl (C=O) groups excluding carboxylic acids is 1. The Labute approximate surface area is 91.8 Å². The first-order valence-electron chi connectivity index (χ1n) is 4.45. The molecule has 0 aliphatic carbocycles. The van der Waals surface area contributed by atoms with Gasteiger partial charge >= 0.3 is 0 Å². The van der Waals surface area contributed by atoms with E-state index in [-0.39, 0.29) is 16.7 Å². The largest absolute Gasteiger partial charge is 0.308 e. The molecular weight excluding hydrogens is 246 g/mol. The van der Waals surface area contributed by atoms with Crippen molar-refractivity contribution < 1.29 is 4.79 Å². The van der Waals surface area contributed by atoms with Crippen molar-refractivity contribution >= 4 is 27.7 Å². The van der Waals surface area contributed by atoms with Crippen LogP contribution in [0.15, 0.2) is 12.3 Å². The van der Waals surface area contributed by atoms with Gasteiger partial charge in [0.15, 0.2) is 5.82 Å². The lowest BCUT2D eigenvalue weighted by Gasteiger charge is -2.12. The topological polar surface area (TPSA) is 46.9 Å². The van der Waals surface area contributed by atoms with Crippen molar-refractivity contribution in [1.82, 2.24) is 9.78 Å². The molecule has 1 aromatic heterocycles. The van der Waals surface area contributed by atoms with Crippen LogP contribution >= 0.6 is 15.9 Å². The van der Waals surface area contributed by atoms with E-state index in [9.17, 15) is 4.79 Å². The van der Waals surface area contributed by atoms with Gasteiger partial charge in [-0.1, -0.05) is 29.8 Å². The van der Waals surface area contributed by atoms with Crippen molar-refractivity contribution in [2.75, 3.05) is 5.32 Å². The average molecular weight is 260 g/mol. The summed E-state index contributed by atoms with van der Waals surface area (Å²) in [4.78, 5) is 11.4. The number of hydrogen-bond donors (Lipinski definition) is 1. The number of aryl methyl sites for hydroxylation is 1. The lowest BCUT2D eigenvalue weighted by atomic mass is 10.1. The molecule has 0 spiro atoms. The third-order valence-electron chi connectivity index (χ3n) is 1.80. The molecule has 0 fully saturated rings. The van der Waals surface area contributed by atoms with Crippen LogP contribution in [0.5, 0.6) is 0 Å². The van der Waals surface area contributed by atoms with Gasteiger partial charge < -0.3 is 5.32 Å². The first kappa shape index (κ1) is 11.2. The number of nitrogens with one attached hydrogen (secondary N) is 1. The van der Waals surface area contributed by atoms with Crippen molar-refractivity contribution in [1.29, 1.82) is 0 Å². The van der Waals surface area contributed by atoms with Crippen molar-refractivity contribution in [3.05, 3.63) is 12.3 Å². The van der Waals surface area contributed by atoms with Crippen molar-refractivity contribution in [3.63, 3.8) is 0 Å². The standard InChI is InChI=1S/C9H14BrN3O/c1-6(2)8(10)9(14)11-7-4-5-13(3)12-7/h4-6,8H,1-3H3,(H,11,12,14). The second-order valence-corrected chi connectivity index (χ2v) is 4.50. The summed E-state index contributed by atoms with van der Waals surface area (Å²) < 4.78 is 1.65. The summed E-state index contributed by atoms with van der Waals surface area (Å²) in [6.07, 6.45) is 1.79. The summed E-state index contributed by atoms with van der Waals surface area (Å²) in [6.45, 7) is 3.97. The Bertz CT molecular complexity index is 322. The molecule has 0 saturated heterocycles. The van der Waals surface area contributed by atoms with E-state index >= 15 is 0 Å². The molecule has 0 aliphatic rings. The summed E-state index contributed by atoms with van der Waals surface area (Å²) in [5.41, 5.74) is 0. The van der Waals surface area contributed by atoms with Crippen molar-refractivity contribution in [2.45, 2.75) is 18.7 Å². The van der Waals surface area contributed by atoms with Crippen LogP contribution in [0.4, 0.5) is 5.82 Å². The lowest BCUT2D eigenvalue weighted by molar-refractivity contribution is -0.116. The third-order valence-corrected chi connectivity index (χ3v) is 3.27. The normalized spacial score (nSPS) is 12.9. The van der Waals surface area contributed by atoms with Crippen molar-refractivity contribution in [2.24, 2.45) is 13.0 Å². The Morgan fingerprint density at radius 3 is 2.71 bits per heavy atom. The van der Waals surface area contributed by atoms with Crippen LogP contribution in [0.3, 0.4) is 0 Å². The van der Waals surface area contributed by atoms with E-state index in [0.717, 1.165) is 0 Å². The Morgan fingerprint density at radius 2 is 2.29 bits per heavy atom. The van der Waals surface area contributed by atoms with Gasteiger partial charge in [0.05, 0.1) is 4.83 Å². The van der Waals surface area contributed by atoms with Gasteiger partial charge in [0.25, 0.3) is 0 Å². The molecule has 0 radical (unpaired) electrons. The predicted molar refractivity (Wildman–Crippen MR) is 59.4 cm³/mol. The van der Waals surface area contributed by atoms with Crippen LogP contribution in [-0.4, -0.2) is 20.5 Å². The van der Waals surface area contributed by atoms with E-state index < -0.39 is 0 Å². The molecule has 14 heavy (non-hydrogen) atoms. The maximum absolute atomic E-state index is 11.6. The first-order chi connectivity index (χ1) is 6.50. The number of rotatable bonds is 3. The molecule has 1 amide bonds. The summed E-state index contributed by atoms with van der Waals surface area (Å²) in [6, 6.07) is 1.76. The third kappa shape index (κ3) is 2.83. The van der Waals surface area contributed by atoms with E-state index in [1.54, 1.807) is 16.9 Å². The molecule has 0 aliphatic heterocycles. The van der Waals surface area contributed by atoms with Gasteiger partial charge in [0.2, 0.25) is 5.91 Å². The van der Waals surface area contributed by atoms with Gasteiger partial charge in [-0.05, 0) is 5.92 Å². The summed E-state index contributed by atoms with van der Waals surface area (Å²) in [5, 5.41) is 6.78.